The molecule has 46 heavy (non-hydrogen) atoms. The van der Waals surface area contributed by atoms with Gasteiger partial charge in [0.15, 0.2) is 34.8 Å². The van der Waals surface area contributed by atoms with E-state index in [0.29, 0.717) is 19.3 Å². The van der Waals surface area contributed by atoms with Gasteiger partial charge in [-0.1, -0.05) is 142 Å². The lowest BCUT2D eigenvalue weighted by atomic mass is 9.70. The van der Waals surface area contributed by atoms with E-state index < -0.39 is 40.4 Å². The van der Waals surface area contributed by atoms with E-state index in [4.69, 9.17) is 0 Å². The average Bonchev–Trinajstić information content (AvgIpc) is 3.32. The minimum Gasteiger partial charge on any atom is -0.382 e. The smallest absolute Gasteiger partial charge is 0.220 e. The van der Waals surface area contributed by atoms with Gasteiger partial charge in [0.25, 0.3) is 0 Å². The molecule has 0 bridgehead atoms. The van der Waals surface area contributed by atoms with Crippen molar-refractivity contribution in [1.82, 2.24) is 0 Å². The van der Waals surface area contributed by atoms with Gasteiger partial charge in [0.2, 0.25) is 5.60 Å². The minimum atomic E-state index is -3.16. The first-order valence-corrected chi connectivity index (χ1v) is 19.1. The maximum atomic E-state index is 13.3. The van der Waals surface area contributed by atoms with Crippen LogP contribution >= 0.6 is 0 Å². The summed E-state index contributed by atoms with van der Waals surface area (Å²) in [4.78, 5) is 51.6. The predicted octanol–water partition coefficient (Wildman–Crippen LogP) is 8.62. The van der Waals surface area contributed by atoms with E-state index >= 15 is 0 Å². The highest BCUT2D eigenvalue weighted by atomic mass is 16.4. The van der Waals surface area contributed by atoms with Crippen LogP contribution in [-0.4, -0.2) is 55.8 Å². The van der Waals surface area contributed by atoms with E-state index in [-0.39, 0.29) is 25.7 Å². The summed E-state index contributed by atoms with van der Waals surface area (Å²) < 4.78 is 0. The Morgan fingerprint density at radius 2 is 0.978 bits per heavy atom. The summed E-state index contributed by atoms with van der Waals surface area (Å²) in [5.74, 6) is -3.87. The zero-order chi connectivity index (χ0) is 34.1. The van der Waals surface area contributed by atoms with Crippen LogP contribution in [-0.2, 0) is 19.2 Å². The monoisotopic (exact) mass is 648 g/mol. The molecular weight excluding hydrogens is 580 g/mol. The second-order valence-corrected chi connectivity index (χ2v) is 13.7. The molecule has 0 amide bonds. The zero-order valence-electron chi connectivity index (χ0n) is 29.5. The molecule has 0 aliphatic heterocycles. The third-order valence-corrected chi connectivity index (χ3v) is 9.76. The molecule has 7 heteroatoms. The van der Waals surface area contributed by atoms with E-state index in [0.717, 1.165) is 57.8 Å². The van der Waals surface area contributed by atoms with Crippen molar-refractivity contribution in [3.05, 3.63) is 12.2 Å². The lowest BCUT2D eigenvalue weighted by molar-refractivity contribution is -0.202. The van der Waals surface area contributed by atoms with Crippen molar-refractivity contribution in [3.8, 4) is 0 Å². The molecule has 7 nitrogen and oxygen atoms in total. The largest absolute Gasteiger partial charge is 0.382 e. The van der Waals surface area contributed by atoms with Crippen molar-refractivity contribution in [2.75, 3.05) is 0 Å². The Bertz CT molecular complexity index is 879. The summed E-state index contributed by atoms with van der Waals surface area (Å²) in [6, 6.07) is 0. The Kier molecular flexibility index (Phi) is 23.3. The van der Waals surface area contributed by atoms with Gasteiger partial charge >= 0.3 is 0 Å². The maximum Gasteiger partial charge on any atom is 0.220 e. The fourth-order valence-corrected chi connectivity index (χ4v) is 6.60. The SMILES string of the molecule is CCCCCC/C=C/CCCCCCCC(=O)C(O)(C(O)C(=O)CCCCCCCCCCCCCCC)C1(O)C(=O)CCC1=O. The highest BCUT2D eigenvalue weighted by Crippen LogP contribution is 2.38. The van der Waals surface area contributed by atoms with Crippen LogP contribution in [0.1, 0.15) is 194 Å². The molecule has 0 heterocycles. The summed E-state index contributed by atoms with van der Waals surface area (Å²) in [5.41, 5.74) is -6.24. The number of unbranched alkanes of at least 4 members (excludes halogenated alkanes) is 21. The molecule has 1 aliphatic rings. The second-order valence-electron chi connectivity index (χ2n) is 13.7. The molecule has 0 aromatic carbocycles. The lowest BCUT2D eigenvalue weighted by Gasteiger charge is -2.40. The van der Waals surface area contributed by atoms with Gasteiger partial charge in [0.1, 0.15) is 0 Å². The van der Waals surface area contributed by atoms with E-state index in [2.05, 4.69) is 26.0 Å². The second kappa shape index (κ2) is 25.3. The van der Waals surface area contributed by atoms with Crippen LogP contribution in [0.15, 0.2) is 12.2 Å². The van der Waals surface area contributed by atoms with E-state index in [1.165, 1.54) is 77.0 Å². The molecule has 0 aromatic heterocycles. The number of aliphatic hydroxyl groups is 3. The fraction of sp³-hybridized carbons (Fsp3) is 0.846. The third kappa shape index (κ3) is 14.6. The topological polar surface area (TPSA) is 129 Å². The van der Waals surface area contributed by atoms with Gasteiger partial charge in [-0.25, -0.2) is 0 Å². The first-order valence-electron chi connectivity index (χ1n) is 19.1. The number of aliphatic hydroxyl groups excluding tert-OH is 1. The first-order chi connectivity index (χ1) is 22.2. The molecule has 0 spiro atoms. The van der Waals surface area contributed by atoms with Crippen molar-refractivity contribution in [1.29, 1.82) is 0 Å². The standard InChI is InChI=1S/C39H68O7/c1-3-5-7-9-11-13-15-17-19-21-23-25-27-29-33(40)37(44)39(46,38(45)35(42)31-32-36(38)43)34(41)30-28-26-24-22-20-18-16-14-12-10-8-6-4-2/h14,16,37,44-46H,3-13,15,17-32H2,1-2H3/b16-14+. The molecule has 3 N–H and O–H groups in total. The number of Topliss-reactive ketones (excluding diaryl/α,β-unsaturated/α-hetero) is 4. The molecule has 2 atom stereocenters. The highest BCUT2D eigenvalue weighted by Gasteiger charge is 2.69. The number of carbonyl (C=O) groups is 4. The Balaban J connectivity index is 2.48. The quantitative estimate of drug-likeness (QED) is 0.0390. The van der Waals surface area contributed by atoms with E-state index in [1.807, 2.05) is 0 Å². The average molecular weight is 649 g/mol. The van der Waals surface area contributed by atoms with Gasteiger partial charge in [-0.3, -0.25) is 19.2 Å². The van der Waals surface area contributed by atoms with Gasteiger partial charge in [0, 0.05) is 25.7 Å². The molecule has 1 rings (SSSR count). The Hall–Kier alpha value is -1.70. The van der Waals surface area contributed by atoms with Crippen molar-refractivity contribution in [3.63, 3.8) is 0 Å². The molecule has 1 fully saturated rings. The van der Waals surface area contributed by atoms with Gasteiger partial charge in [-0.05, 0) is 38.5 Å². The van der Waals surface area contributed by atoms with Crippen LogP contribution < -0.4 is 0 Å². The normalized spacial score (nSPS) is 16.7. The third-order valence-electron chi connectivity index (χ3n) is 9.76. The molecule has 0 aromatic rings. The molecule has 0 radical (unpaired) electrons. The van der Waals surface area contributed by atoms with Gasteiger partial charge in [-0.2, -0.15) is 0 Å². The summed E-state index contributed by atoms with van der Waals surface area (Å²) in [6.45, 7) is 4.43. The molecule has 0 saturated heterocycles. The van der Waals surface area contributed by atoms with Crippen molar-refractivity contribution in [2.45, 2.75) is 211 Å². The van der Waals surface area contributed by atoms with Crippen molar-refractivity contribution < 1.29 is 34.5 Å². The first kappa shape index (κ1) is 42.3. The number of hydrogen-bond donors (Lipinski definition) is 3. The number of allylic oxidation sites excluding steroid dienone is 2. The minimum absolute atomic E-state index is 0.0971. The maximum absolute atomic E-state index is 13.3. The van der Waals surface area contributed by atoms with Crippen molar-refractivity contribution in [2.24, 2.45) is 0 Å². The number of hydrogen-bond acceptors (Lipinski definition) is 7. The molecule has 1 saturated carbocycles. The molecular formula is C39H68O7. The van der Waals surface area contributed by atoms with Gasteiger partial charge < -0.3 is 15.3 Å². The van der Waals surface area contributed by atoms with E-state index in [1.54, 1.807) is 0 Å². The number of ketones is 4. The summed E-state index contributed by atoms with van der Waals surface area (Å²) >= 11 is 0. The Morgan fingerprint density at radius 1 is 0.630 bits per heavy atom. The van der Waals surface area contributed by atoms with Crippen LogP contribution in [0.5, 0.6) is 0 Å². The summed E-state index contributed by atoms with van der Waals surface area (Å²) in [5, 5.41) is 33.6. The molecule has 2 unspecified atom stereocenters. The Morgan fingerprint density at radius 3 is 1.41 bits per heavy atom. The van der Waals surface area contributed by atoms with Gasteiger partial charge in [-0.15, -0.1) is 0 Å². The highest BCUT2D eigenvalue weighted by molar-refractivity contribution is 6.21. The van der Waals surface area contributed by atoms with Crippen LogP contribution in [0.2, 0.25) is 0 Å². The number of carbonyl (C=O) groups excluding carboxylic acids is 4. The lowest BCUT2D eigenvalue weighted by Crippen LogP contribution is -2.72. The van der Waals surface area contributed by atoms with Crippen LogP contribution in [0, 0.1) is 0 Å². The summed E-state index contributed by atoms with van der Waals surface area (Å²) in [6.07, 6.45) is 26.9. The van der Waals surface area contributed by atoms with Crippen LogP contribution in [0.3, 0.4) is 0 Å². The fourth-order valence-electron chi connectivity index (χ4n) is 6.60. The van der Waals surface area contributed by atoms with Crippen LogP contribution in [0.25, 0.3) is 0 Å². The summed E-state index contributed by atoms with van der Waals surface area (Å²) in [7, 11) is 0. The van der Waals surface area contributed by atoms with Crippen molar-refractivity contribution >= 4 is 23.1 Å². The molecule has 1 aliphatic carbocycles. The zero-order valence-corrected chi connectivity index (χ0v) is 29.5. The predicted molar refractivity (Wildman–Crippen MR) is 186 cm³/mol. The molecule has 266 valence electrons. The van der Waals surface area contributed by atoms with Crippen LogP contribution in [0.4, 0.5) is 0 Å². The van der Waals surface area contributed by atoms with Gasteiger partial charge in [0.05, 0.1) is 0 Å². The van der Waals surface area contributed by atoms with E-state index in [9.17, 15) is 34.5 Å². The Labute approximate surface area is 280 Å². The number of rotatable bonds is 31.